The summed E-state index contributed by atoms with van der Waals surface area (Å²) in [4.78, 5) is 0. The molecule has 0 amide bonds. The molecule has 0 radical (unpaired) electrons. The van der Waals surface area contributed by atoms with Crippen molar-refractivity contribution in [3.63, 3.8) is 0 Å². The van der Waals surface area contributed by atoms with E-state index in [1.54, 1.807) is 0 Å². The summed E-state index contributed by atoms with van der Waals surface area (Å²) in [5.41, 5.74) is 0. The molecule has 0 rings (SSSR count). The Bertz CT molecular complexity index is 204. The van der Waals surface area contributed by atoms with Crippen LogP contribution in [0.3, 0.4) is 0 Å². The Labute approximate surface area is 114 Å². The second kappa shape index (κ2) is 8.85. The van der Waals surface area contributed by atoms with Gasteiger partial charge in [0.25, 0.3) is 0 Å². The van der Waals surface area contributed by atoms with Crippen LogP contribution in [0.1, 0.15) is 41.5 Å². The van der Waals surface area contributed by atoms with E-state index < -0.39 is 6.19 Å². The van der Waals surface area contributed by atoms with Gasteiger partial charge < -0.3 is 0 Å². The van der Waals surface area contributed by atoms with Gasteiger partial charge in [0.05, 0.1) is 0 Å². The Morgan fingerprint density at radius 2 is 0.941 bits per heavy atom. The van der Waals surface area contributed by atoms with Gasteiger partial charge in [-0.2, -0.15) is 0 Å². The zero-order valence-electron chi connectivity index (χ0n) is 11.9. The predicted octanol–water partition coefficient (Wildman–Crippen LogP) is 3.85. The number of hydrogen-bond acceptors (Lipinski definition) is 3. The van der Waals surface area contributed by atoms with E-state index in [4.69, 9.17) is 13.6 Å². The van der Waals surface area contributed by atoms with Gasteiger partial charge in [-0.05, 0) is 0 Å². The van der Waals surface area contributed by atoms with Crippen LogP contribution < -0.4 is 0 Å². The molecule has 0 saturated heterocycles. The van der Waals surface area contributed by atoms with Crippen molar-refractivity contribution < 1.29 is 13.6 Å². The van der Waals surface area contributed by atoms with E-state index in [0.717, 1.165) is 0 Å². The van der Waals surface area contributed by atoms with Crippen LogP contribution in [0, 0.1) is 17.8 Å². The third kappa shape index (κ3) is 10.4. The standard InChI is InChI=1S/C12H27O3PSe/c1-10(2)7-13-16(17,14-8-11(3)4)15-9-12(5)6/h10-12H,7-9H2,1-6H3. The van der Waals surface area contributed by atoms with Crippen LogP contribution in [0.5, 0.6) is 0 Å². The molecule has 0 aromatic rings. The van der Waals surface area contributed by atoms with Crippen LogP contribution in [0.25, 0.3) is 0 Å². The first-order valence-electron chi connectivity index (χ1n) is 6.29. The summed E-state index contributed by atoms with van der Waals surface area (Å²) < 4.78 is 17.4. The summed E-state index contributed by atoms with van der Waals surface area (Å²) in [5, 5.41) is 0. The molecule has 17 heavy (non-hydrogen) atoms. The molecule has 5 heteroatoms. The maximum atomic E-state index is 5.80. The summed E-state index contributed by atoms with van der Waals surface area (Å²) in [5.74, 6) is 1.44. The quantitative estimate of drug-likeness (QED) is 0.475. The van der Waals surface area contributed by atoms with Crippen LogP contribution in [0.2, 0.25) is 0 Å². The molecule has 3 nitrogen and oxygen atoms in total. The molecule has 0 spiro atoms. The molecule has 104 valence electrons. The fourth-order valence-electron chi connectivity index (χ4n) is 0.833. The van der Waals surface area contributed by atoms with Crippen LogP contribution >= 0.6 is 6.19 Å². The third-order valence-electron chi connectivity index (χ3n) is 1.70. The average molecular weight is 329 g/mol. The van der Waals surface area contributed by atoms with Crippen LogP contribution in [-0.2, 0) is 13.6 Å². The molecule has 0 aromatic heterocycles. The Balaban J connectivity index is 4.29. The molecule has 0 aliphatic rings. The van der Waals surface area contributed by atoms with Crippen molar-refractivity contribution in [2.45, 2.75) is 41.5 Å². The van der Waals surface area contributed by atoms with Crippen LogP contribution in [0.15, 0.2) is 0 Å². The third-order valence-corrected chi connectivity index (χ3v) is 5.08. The Hall–Kier alpha value is 0.829. The molecule has 0 saturated carbocycles. The van der Waals surface area contributed by atoms with Crippen LogP contribution in [-0.4, -0.2) is 34.9 Å². The van der Waals surface area contributed by atoms with Crippen molar-refractivity contribution in [2.75, 3.05) is 19.8 Å². The van der Waals surface area contributed by atoms with Crippen molar-refractivity contribution in [2.24, 2.45) is 17.8 Å². The molecule has 0 fully saturated rings. The molecule has 0 atom stereocenters. The Kier molecular flexibility index (Phi) is 9.28. The summed E-state index contributed by atoms with van der Waals surface area (Å²) >= 11 is 3.00. The Morgan fingerprint density at radius 1 is 0.706 bits per heavy atom. The van der Waals surface area contributed by atoms with E-state index in [1.807, 2.05) is 0 Å². The van der Waals surface area contributed by atoms with Gasteiger partial charge in [-0.15, -0.1) is 0 Å². The van der Waals surface area contributed by atoms with Gasteiger partial charge in [-0.25, -0.2) is 0 Å². The molecule has 0 aliphatic carbocycles. The molecule has 0 aromatic carbocycles. The van der Waals surface area contributed by atoms with Crippen molar-refractivity contribution in [3.05, 3.63) is 0 Å². The summed E-state index contributed by atoms with van der Waals surface area (Å²) in [6.07, 6.45) is -2.26. The molecule has 0 heterocycles. The Morgan fingerprint density at radius 3 is 1.12 bits per heavy atom. The van der Waals surface area contributed by atoms with E-state index in [2.05, 4.69) is 56.6 Å². The van der Waals surface area contributed by atoms with E-state index in [0.29, 0.717) is 37.6 Å². The number of rotatable bonds is 9. The van der Waals surface area contributed by atoms with E-state index >= 15 is 0 Å². The van der Waals surface area contributed by atoms with E-state index in [-0.39, 0.29) is 0 Å². The second-order valence-corrected chi connectivity index (χ2v) is 10.00. The second-order valence-electron chi connectivity index (χ2n) is 5.52. The zero-order valence-corrected chi connectivity index (χ0v) is 14.5. The minimum atomic E-state index is -2.26. The van der Waals surface area contributed by atoms with Gasteiger partial charge in [-0.1, -0.05) is 0 Å². The normalized spacial score (nSPS) is 13.0. The van der Waals surface area contributed by atoms with Gasteiger partial charge in [0.2, 0.25) is 0 Å². The van der Waals surface area contributed by atoms with E-state index in [9.17, 15) is 0 Å². The molecule has 0 bridgehead atoms. The molecular formula is C12H27O3PSe. The average Bonchev–Trinajstić information content (AvgIpc) is 2.21. The first-order valence-corrected chi connectivity index (χ1v) is 10.0. The monoisotopic (exact) mass is 330 g/mol. The summed E-state index contributed by atoms with van der Waals surface area (Å²) in [7, 11) is 0. The van der Waals surface area contributed by atoms with Crippen molar-refractivity contribution >= 4 is 21.3 Å². The molecule has 0 unspecified atom stereocenters. The van der Waals surface area contributed by atoms with Gasteiger partial charge in [0.1, 0.15) is 0 Å². The molecule has 0 N–H and O–H groups in total. The maximum absolute atomic E-state index is 5.80. The minimum absolute atomic E-state index is 0.480. The van der Waals surface area contributed by atoms with Gasteiger partial charge >= 0.3 is 114 Å². The fraction of sp³-hybridized carbons (Fsp3) is 1.00. The van der Waals surface area contributed by atoms with E-state index in [1.165, 1.54) is 0 Å². The fourth-order valence-corrected chi connectivity index (χ4v) is 3.65. The van der Waals surface area contributed by atoms with Gasteiger partial charge in [-0.3, -0.25) is 0 Å². The van der Waals surface area contributed by atoms with Gasteiger partial charge in [0, 0.05) is 0 Å². The summed E-state index contributed by atoms with van der Waals surface area (Å²) in [6.45, 7) is 14.7. The molecular weight excluding hydrogens is 302 g/mol. The van der Waals surface area contributed by atoms with Crippen molar-refractivity contribution in [3.8, 4) is 0 Å². The first kappa shape index (κ1) is 17.8. The first-order chi connectivity index (χ1) is 7.75. The van der Waals surface area contributed by atoms with Crippen molar-refractivity contribution in [1.82, 2.24) is 0 Å². The predicted molar refractivity (Wildman–Crippen MR) is 75.0 cm³/mol. The topological polar surface area (TPSA) is 27.7 Å². The van der Waals surface area contributed by atoms with Crippen LogP contribution in [0.4, 0.5) is 0 Å². The zero-order chi connectivity index (χ0) is 13.5. The summed E-state index contributed by atoms with van der Waals surface area (Å²) in [6, 6.07) is 0. The SMILES string of the molecule is CC(C)COP(=[Se])(OCC(C)C)OCC(C)C. The van der Waals surface area contributed by atoms with Crippen molar-refractivity contribution in [1.29, 1.82) is 0 Å². The molecule has 0 aliphatic heterocycles. The number of hydrogen-bond donors (Lipinski definition) is 0. The van der Waals surface area contributed by atoms with Gasteiger partial charge in [0.15, 0.2) is 0 Å².